The Morgan fingerprint density at radius 2 is 0.400 bits per heavy atom. The quantitative estimate of drug-likeness (QED) is 0.116. The van der Waals surface area contributed by atoms with Gasteiger partial charge in [0.15, 0.2) is 0 Å². The van der Waals surface area contributed by atoms with E-state index < -0.39 is 21.6 Å². The Bertz CT molecular complexity index is 2010. The summed E-state index contributed by atoms with van der Waals surface area (Å²) < 4.78 is 50.1. The number of halogens is 1. The number of hydrogen-bond donors (Lipinski definition) is 0. The van der Waals surface area contributed by atoms with Crippen LogP contribution in [-0.2, 0) is 13.2 Å². The molecule has 0 unspecified atom stereocenters. The van der Waals surface area contributed by atoms with Crippen molar-refractivity contribution in [3.63, 3.8) is 0 Å². The molecule has 55 heavy (non-hydrogen) atoms. The molecule has 7 heteroatoms. The van der Waals surface area contributed by atoms with Gasteiger partial charge in [-0.15, -0.1) is 0 Å². The van der Waals surface area contributed by atoms with Gasteiger partial charge < -0.3 is 0 Å². The first-order valence-electron chi connectivity index (χ1n) is 18.2. The molecule has 0 fully saturated rings. The van der Waals surface area contributed by atoms with Crippen LogP contribution in [0, 0.1) is 0 Å². The van der Waals surface area contributed by atoms with E-state index in [2.05, 4.69) is 0 Å². The minimum atomic E-state index is -5.77. The van der Waals surface area contributed by atoms with E-state index in [0.29, 0.717) is 42.4 Å². The Morgan fingerprint density at radius 3 is 0.527 bits per heavy atom. The van der Waals surface area contributed by atoms with Gasteiger partial charge in [-0.1, -0.05) is 0 Å². The second-order valence-corrected chi connectivity index (χ2v) is 23.8. The van der Waals surface area contributed by atoms with Crippen molar-refractivity contribution < 1.29 is 17.4 Å². The number of benzene rings is 8. The van der Waals surface area contributed by atoms with Gasteiger partial charge in [-0.3, -0.25) is 0 Å². The van der Waals surface area contributed by atoms with Crippen molar-refractivity contribution >= 4 is 64.0 Å². The first kappa shape index (κ1) is 36.7. The zero-order valence-corrected chi connectivity index (χ0v) is 32.7. The maximum absolute atomic E-state index is 19.2. The minimum absolute atomic E-state index is 0.678. The van der Waals surface area contributed by atoms with Crippen molar-refractivity contribution in [2.45, 2.75) is 0 Å². The third kappa shape index (κ3) is 5.68. The average Bonchev–Trinajstić information content (AvgIpc) is 3.27. The fourth-order valence-corrected chi connectivity index (χ4v) is 24.3. The van der Waals surface area contributed by atoms with Crippen LogP contribution >= 0.6 is 21.6 Å². The molecular weight excluding hydrogens is 736 g/mol. The van der Waals surface area contributed by atoms with Crippen LogP contribution in [0.25, 0.3) is 0 Å². The van der Waals surface area contributed by atoms with E-state index in [1.54, 1.807) is 0 Å². The first-order valence-corrected chi connectivity index (χ1v) is 23.9. The zero-order chi connectivity index (χ0) is 37.7. The van der Waals surface area contributed by atoms with Crippen molar-refractivity contribution in [3.8, 4) is 0 Å². The maximum atomic E-state index is 19.2. The van der Waals surface area contributed by atoms with Crippen LogP contribution in [0.5, 0.6) is 0 Å². The van der Waals surface area contributed by atoms with Crippen LogP contribution in [0.1, 0.15) is 0 Å². The Morgan fingerprint density at radius 1 is 0.273 bits per heavy atom. The van der Waals surface area contributed by atoms with Gasteiger partial charge in [0.2, 0.25) is 0 Å². The molecule has 0 spiro atoms. The molecule has 0 saturated carbocycles. The summed E-state index contributed by atoms with van der Waals surface area (Å²) in [4.78, 5) is 0. The van der Waals surface area contributed by atoms with Gasteiger partial charge in [0.1, 0.15) is 0 Å². The summed E-state index contributed by atoms with van der Waals surface area (Å²) in [5, 5.41) is 5.43. The van der Waals surface area contributed by atoms with Crippen molar-refractivity contribution in [1.82, 2.24) is 0 Å². The molecule has 0 aliphatic carbocycles. The normalized spacial score (nSPS) is 14.3. The van der Waals surface area contributed by atoms with Gasteiger partial charge in [-0.05, 0) is 0 Å². The Labute approximate surface area is 322 Å². The molecule has 0 aromatic heterocycles. The summed E-state index contributed by atoms with van der Waals surface area (Å²) in [6.07, 6.45) is 0. The van der Waals surface area contributed by atoms with Crippen LogP contribution in [0.4, 0.5) is 4.20 Å². The molecule has 0 amide bonds. The molecule has 8 rings (SSSR count). The fourth-order valence-electron chi connectivity index (χ4n) is 8.27. The molecule has 0 aliphatic heterocycles. The summed E-state index contributed by atoms with van der Waals surface area (Å²) >= 11 is 0. The van der Waals surface area contributed by atoms with E-state index >= 15 is 8.76 Å². The SMILES string of the molecule is O=P(F)(OP(c1ccccc1)(c1ccccc1)(c1ccccc1)c1ccccc1)OP(c1ccccc1)(c1ccccc1)(c1ccccc1)c1ccccc1. The van der Waals surface area contributed by atoms with E-state index in [0.717, 1.165) is 0 Å². The Hall–Kier alpha value is -5.30. The molecule has 0 heterocycles. The number of hydrogen-bond acceptors (Lipinski definition) is 3. The Balaban J connectivity index is 1.56. The summed E-state index contributed by atoms with van der Waals surface area (Å²) in [6, 6.07) is 77.3. The average molecular weight is 777 g/mol. The van der Waals surface area contributed by atoms with E-state index in [4.69, 9.17) is 8.62 Å². The molecule has 0 bridgehead atoms. The van der Waals surface area contributed by atoms with Gasteiger partial charge in [0, 0.05) is 0 Å². The van der Waals surface area contributed by atoms with Gasteiger partial charge in [-0.25, -0.2) is 0 Å². The van der Waals surface area contributed by atoms with Gasteiger partial charge in [-0.2, -0.15) is 0 Å². The zero-order valence-electron chi connectivity index (χ0n) is 30.0. The molecule has 0 aliphatic rings. The van der Waals surface area contributed by atoms with Gasteiger partial charge in [0.05, 0.1) is 0 Å². The van der Waals surface area contributed by atoms with E-state index in [1.165, 1.54) is 0 Å². The second-order valence-electron chi connectivity index (χ2n) is 13.4. The van der Waals surface area contributed by atoms with Crippen LogP contribution in [-0.4, -0.2) is 0 Å². The molecule has 0 atom stereocenters. The van der Waals surface area contributed by atoms with Gasteiger partial charge >= 0.3 is 324 Å². The van der Waals surface area contributed by atoms with Crippen LogP contribution in [0.15, 0.2) is 243 Å². The molecule has 0 saturated heterocycles. The van der Waals surface area contributed by atoms with Crippen molar-refractivity contribution in [1.29, 1.82) is 0 Å². The van der Waals surface area contributed by atoms with Crippen molar-refractivity contribution in [2.24, 2.45) is 0 Å². The summed E-state index contributed by atoms with van der Waals surface area (Å²) in [6.45, 7) is -9.63. The molecule has 8 aromatic carbocycles. The van der Waals surface area contributed by atoms with Gasteiger partial charge in [0.25, 0.3) is 0 Å². The number of rotatable bonds is 12. The van der Waals surface area contributed by atoms with Crippen LogP contribution < -0.4 is 42.4 Å². The van der Waals surface area contributed by atoms with Crippen molar-refractivity contribution in [2.75, 3.05) is 0 Å². The summed E-state index contributed by atoms with van der Waals surface area (Å²) in [5.74, 6) is 0. The molecule has 0 N–H and O–H groups in total. The second kappa shape index (κ2) is 14.7. The fraction of sp³-hybridized carbons (Fsp3) is 0. The molecule has 272 valence electrons. The monoisotopic (exact) mass is 776 g/mol. The topological polar surface area (TPSA) is 35.5 Å². The third-order valence-corrected chi connectivity index (χ3v) is 25.0. The summed E-state index contributed by atoms with van der Waals surface area (Å²) in [5.41, 5.74) is 0. The standard InChI is InChI=1S/C48H40FO3P3/c49-53(50,51-54(41-25-9-1-10-26-41,42-27-11-2-12-28-42,43-29-13-3-14-30-43)44-31-15-4-16-32-44)52-55(45-33-17-5-18-34-45,46-35-19-6-20-36-46,47-37-21-7-22-38-47)48-39-23-8-24-40-48/h1-40H. The Kier molecular flexibility index (Phi) is 9.83. The van der Waals surface area contributed by atoms with Crippen LogP contribution in [0.3, 0.4) is 0 Å². The molecule has 8 aromatic rings. The van der Waals surface area contributed by atoms with Crippen LogP contribution in [0.2, 0.25) is 0 Å². The third-order valence-electron chi connectivity index (χ3n) is 10.5. The van der Waals surface area contributed by atoms with Crippen molar-refractivity contribution in [3.05, 3.63) is 243 Å². The molecule has 3 nitrogen and oxygen atoms in total. The predicted octanol–water partition coefficient (Wildman–Crippen LogP) is 9.64. The van der Waals surface area contributed by atoms with E-state index in [9.17, 15) is 0 Å². The van der Waals surface area contributed by atoms with E-state index in [-0.39, 0.29) is 0 Å². The summed E-state index contributed by atoms with van der Waals surface area (Å²) in [7, 11) is -5.77. The molecular formula is C48H40FO3P3. The molecule has 0 radical (unpaired) electrons. The predicted molar refractivity (Wildman–Crippen MR) is 233 cm³/mol. The van der Waals surface area contributed by atoms with E-state index in [1.807, 2.05) is 243 Å². The first-order chi connectivity index (χ1) is 26.9.